The van der Waals surface area contributed by atoms with Gasteiger partial charge in [-0.05, 0) is 37.6 Å². The quantitative estimate of drug-likeness (QED) is 0.280. The van der Waals surface area contributed by atoms with Gasteiger partial charge in [-0.1, -0.05) is 15.9 Å². The first-order valence-corrected chi connectivity index (χ1v) is 9.64. The van der Waals surface area contributed by atoms with Crippen molar-refractivity contribution in [1.82, 2.24) is 9.97 Å². The van der Waals surface area contributed by atoms with Gasteiger partial charge in [0.1, 0.15) is 11.6 Å². The molecule has 0 amide bonds. The van der Waals surface area contributed by atoms with E-state index in [-0.39, 0.29) is 5.82 Å². The van der Waals surface area contributed by atoms with E-state index in [4.69, 9.17) is 19.8 Å². The van der Waals surface area contributed by atoms with Gasteiger partial charge in [0.05, 0.1) is 5.56 Å². The van der Waals surface area contributed by atoms with Crippen LogP contribution in [-0.4, -0.2) is 38.7 Å². The molecule has 0 bridgehead atoms. The van der Waals surface area contributed by atoms with Gasteiger partial charge in [0.15, 0.2) is 18.2 Å². The van der Waals surface area contributed by atoms with Crippen molar-refractivity contribution in [3.8, 4) is 11.4 Å². The lowest BCUT2D eigenvalue weighted by atomic mass is 10.2. The maximum Gasteiger partial charge on any atom is 0.414 e. The number of hydrogen-bond acceptors (Lipinski definition) is 6. The van der Waals surface area contributed by atoms with Crippen LogP contribution < -0.4 is 10.0 Å². The zero-order chi connectivity index (χ0) is 23.0. The first-order chi connectivity index (χ1) is 14.7. The summed E-state index contributed by atoms with van der Waals surface area (Å²) in [5, 5.41) is 29.2. The third-order valence-electron chi connectivity index (χ3n) is 3.77. The van der Waals surface area contributed by atoms with Crippen molar-refractivity contribution in [3.63, 3.8) is 0 Å². The molecule has 31 heavy (non-hydrogen) atoms. The third kappa shape index (κ3) is 7.63. The molecule has 0 unspecified atom stereocenters. The molecule has 0 saturated heterocycles. The molecule has 9 nitrogen and oxygen atoms in total. The molecule has 0 saturated carbocycles. The number of pyridine rings is 1. The number of carboxylic acids is 2. The first kappa shape index (κ1) is 23.7. The first-order valence-electron chi connectivity index (χ1n) is 8.84. The van der Waals surface area contributed by atoms with E-state index in [2.05, 4.69) is 31.2 Å². The van der Waals surface area contributed by atoms with Gasteiger partial charge in [-0.2, -0.15) is 4.73 Å². The van der Waals surface area contributed by atoms with Gasteiger partial charge in [0.2, 0.25) is 0 Å². The summed E-state index contributed by atoms with van der Waals surface area (Å²) in [6.45, 7) is 2.44. The molecule has 162 valence electrons. The molecule has 0 spiro atoms. The normalized spacial score (nSPS) is 10.0. The fourth-order valence-corrected chi connectivity index (χ4v) is 2.77. The van der Waals surface area contributed by atoms with E-state index in [0.29, 0.717) is 34.6 Å². The van der Waals surface area contributed by atoms with Gasteiger partial charge >= 0.3 is 11.9 Å². The number of halogens is 2. The van der Waals surface area contributed by atoms with Crippen LogP contribution in [0, 0.1) is 17.9 Å². The minimum Gasteiger partial charge on any atom is -0.619 e. The Morgan fingerprint density at radius 3 is 2.52 bits per heavy atom. The summed E-state index contributed by atoms with van der Waals surface area (Å²) in [5.74, 6) is -3.07. The summed E-state index contributed by atoms with van der Waals surface area (Å²) in [7, 11) is 0. The molecular formula is C20H18BrFN4O5. The Labute approximate surface area is 184 Å². The second-order valence-corrected chi connectivity index (χ2v) is 7.12. The molecule has 0 atom stereocenters. The molecule has 0 radical (unpaired) electrons. The highest BCUT2D eigenvalue weighted by Crippen LogP contribution is 2.24. The predicted molar refractivity (Wildman–Crippen MR) is 113 cm³/mol. The molecule has 2 aromatic heterocycles. The molecule has 0 aliphatic rings. The Hall–Kier alpha value is -3.60. The minimum absolute atomic E-state index is 0.338. The van der Waals surface area contributed by atoms with Gasteiger partial charge < -0.3 is 20.7 Å². The lowest BCUT2D eigenvalue weighted by Crippen LogP contribution is -2.25. The number of nitrogens with one attached hydrogen (secondary N) is 1. The van der Waals surface area contributed by atoms with Crippen LogP contribution in [0.1, 0.15) is 11.3 Å². The summed E-state index contributed by atoms with van der Waals surface area (Å²) in [5.41, 5.74) is 2.02. The molecule has 2 heterocycles. The fourth-order valence-electron chi connectivity index (χ4n) is 2.43. The van der Waals surface area contributed by atoms with E-state index in [1.54, 1.807) is 24.3 Å². The smallest absolute Gasteiger partial charge is 0.414 e. The van der Waals surface area contributed by atoms with Crippen molar-refractivity contribution < 1.29 is 28.9 Å². The predicted octanol–water partition coefficient (Wildman–Crippen LogP) is 2.80. The lowest BCUT2D eigenvalue weighted by Gasteiger charge is -2.09. The molecule has 0 aliphatic carbocycles. The Morgan fingerprint density at radius 2 is 1.90 bits per heavy atom. The Kier molecular flexibility index (Phi) is 8.38. The lowest BCUT2D eigenvalue weighted by molar-refractivity contribution is -0.605. The van der Waals surface area contributed by atoms with Crippen molar-refractivity contribution in [3.05, 3.63) is 75.5 Å². The van der Waals surface area contributed by atoms with E-state index in [1.165, 1.54) is 18.5 Å². The van der Waals surface area contributed by atoms with Crippen molar-refractivity contribution >= 4 is 33.7 Å². The number of benzene rings is 1. The molecule has 11 heteroatoms. The van der Waals surface area contributed by atoms with E-state index in [1.807, 2.05) is 13.0 Å². The summed E-state index contributed by atoms with van der Waals surface area (Å²) in [6.07, 6.45) is 3.66. The SMILES string of the molecule is Cc1cc(NCCc2ccc[n+]([O-])c2)nc(-c2ccc(Br)cc2F)n1.O=C(O)C(=O)O. The van der Waals surface area contributed by atoms with Crippen molar-refractivity contribution in [2.75, 3.05) is 11.9 Å². The van der Waals surface area contributed by atoms with E-state index < -0.39 is 11.9 Å². The standard InChI is InChI=1S/C18H16BrFN4O.C2H2O4/c1-12-9-17(21-7-6-13-3-2-8-24(25)11-13)23-18(22-12)15-5-4-14(19)10-16(15)20;3-1(4)2(5)6/h2-5,8-11H,6-7H2,1H3,(H,21,22,23);(H,3,4)(H,5,6). The largest absolute Gasteiger partial charge is 0.619 e. The van der Waals surface area contributed by atoms with Crippen LogP contribution >= 0.6 is 15.9 Å². The van der Waals surface area contributed by atoms with Crippen molar-refractivity contribution in [1.29, 1.82) is 0 Å². The molecule has 3 rings (SSSR count). The van der Waals surface area contributed by atoms with Crippen LogP contribution in [-0.2, 0) is 16.0 Å². The molecule has 0 fully saturated rings. The Balaban J connectivity index is 0.000000501. The number of anilines is 1. The van der Waals surface area contributed by atoms with Gasteiger partial charge in [-0.15, -0.1) is 0 Å². The monoisotopic (exact) mass is 492 g/mol. The molecule has 0 aliphatic heterocycles. The molecule has 1 aromatic carbocycles. The maximum absolute atomic E-state index is 14.1. The maximum atomic E-state index is 14.1. The number of carboxylic acid groups (broad SMARTS) is 2. The fraction of sp³-hybridized carbons (Fsp3) is 0.150. The number of hydrogen-bond donors (Lipinski definition) is 3. The number of nitrogens with zero attached hydrogens (tertiary/aromatic N) is 3. The number of aryl methyl sites for hydroxylation is 1. The van der Waals surface area contributed by atoms with Crippen LogP contribution in [0.3, 0.4) is 0 Å². The van der Waals surface area contributed by atoms with Gasteiger partial charge in [-0.3, -0.25) is 0 Å². The number of aliphatic carboxylic acids is 2. The molecular weight excluding hydrogens is 475 g/mol. The topological polar surface area (TPSA) is 139 Å². The van der Waals surface area contributed by atoms with E-state index in [0.717, 1.165) is 16.0 Å². The van der Waals surface area contributed by atoms with Gasteiger partial charge in [-0.25, -0.2) is 23.9 Å². The second-order valence-electron chi connectivity index (χ2n) is 6.20. The van der Waals surface area contributed by atoms with Crippen LogP contribution in [0.5, 0.6) is 0 Å². The number of aromatic nitrogens is 3. The van der Waals surface area contributed by atoms with Gasteiger partial charge in [0, 0.05) is 34.4 Å². The van der Waals surface area contributed by atoms with Crippen LogP contribution in [0.2, 0.25) is 0 Å². The Morgan fingerprint density at radius 1 is 1.19 bits per heavy atom. The van der Waals surface area contributed by atoms with Crippen molar-refractivity contribution in [2.45, 2.75) is 13.3 Å². The van der Waals surface area contributed by atoms with E-state index in [9.17, 15) is 9.60 Å². The van der Waals surface area contributed by atoms with Crippen LogP contribution in [0.4, 0.5) is 10.2 Å². The van der Waals surface area contributed by atoms with Crippen LogP contribution in [0.15, 0.2) is 53.3 Å². The second kappa shape index (κ2) is 11.0. The highest BCUT2D eigenvalue weighted by Gasteiger charge is 2.11. The number of rotatable bonds is 5. The minimum atomic E-state index is -1.82. The summed E-state index contributed by atoms with van der Waals surface area (Å²) >= 11 is 3.24. The zero-order valence-corrected chi connectivity index (χ0v) is 17.8. The zero-order valence-electron chi connectivity index (χ0n) is 16.2. The molecule has 3 N–H and O–H groups in total. The summed E-state index contributed by atoms with van der Waals surface area (Å²) in [4.78, 5) is 26.9. The number of carbonyl (C=O) groups is 2. The molecule has 3 aromatic rings. The third-order valence-corrected chi connectivity index (χ3v) is 4.26. The van der Waals surface area contributed by atoms with Crippen molar-refractivity contribution in [2.24, 2.45) is 0 Å². The van der Waals surface area contributed by atoms with E-state index >= 15 is 0 Å². The summed E-state index contributed by atoms with van der Waals surface area (Å²) in [6, 6.07) is 10.2. The average molecular weight is 493 g/mol. The Bertz CT molecular complexity index is 1080. The van der Waals surface area contributed by atoms with Crippen LogP contribution in [0.25, 0.3) is 11.4 Å². The summed E-state index contributed by atoms with van der Waals surface area (Å²) < 4.78 is 15.6. The highest BCUT2D eigenvalue weighted by atomic mass is 79.9. The van der Waals surface area contributed by atoms with Gasteiger partial charge in [0.25, 0.3) is 0 Å². The average Bonchev–Trinajstić information content (AvgIpc) is 2.68. The highest BCUT2D eigenvalue weighted by molar-refractivity contribution is 9.10.